The van der Waals surface area contributed by atoms with Crippen LogP contribution in [-0.4, -0.2) is 77.9 Å². The van der Waals surface area contributed by atoms with Gasteiger partial charge >= 0.3 is 13.8 Å². The molecule has 0 saturated heterocycles. The molecule has 0 fully saturated rings. The smallest absolute Gasteiger partial charge is 0.457 e. The second-order valence-corrected chi connectivity index (χ2v) is 13.0. The summed E-state index contributed by atoms with van der Waals surface area (Å²) in [7, 11) is -0.625. The van der Waals surface area contributed by atoms with Gasteiger partial charge in [-0.1, -0.05) is 65.7 Å². The van der Waals surface area contributed by atoms with E-state index in [-0.39, 0.29) is 13.0 Å². The Kier molecular flexibility index (Phi) is 19.0. The van der Waals surface area contributed by atoms with E-state index in [1.165, 1.54) is 44.3 Å². The number of rotatable bonds is 21. The van der Waals surface area contributed by atoms with E-state index in [1.54, 1.807) is 4.90 Å². The highest BCUT2D eigenvalue weighted by atomic mass is 32.2. The molecule has 0 rings (SSSR count). The van der Waals surface area contributed by atoms with Crippen molar-refractivity contribution in [3.63, 3.8) is 0 Å². The minimum Gasteiger partial charge on any atom is -0.457 e. The molecular weight excluding hydrogens is 465 g/mol. The number of thioether (sulfide) groups is 1. The largest absolute Gasteiger partial charge is 0.472 e. The number of carbonyl (C=O) groups excluding carboxylic acids is 1. The lowest BCUT2D eigenvalue weighted by molar-refractivity contribution is -0.153. The van der Waals surface area contributed by atoms with Crippen LogP contribution < -0.4 is 0 Å². The summed E-state index contributed by atoms with van der Waals surface area (Å²) < 4.78 is 26.9. The second-order valence-electron chi connectivity index (χ2n) is 9.59. The average molecular weight is 514 g/mol. The highest BCUT2D eigenvalue weighted by Gasteiger charge is 2.24. The van der Waals surface area contributed by atoms with Gasteiger partial charge in [-0.25, -0.2) is 4.57 Å². The van der Waals surface area contributed by atoms with Gasteiger partial charge in [0.2, 0.25) is 0 Å². The minimum atomic E-state index is -4.24. The SMILES string of the molecule is CN(C)CCOP(=O)(O)OC[C@@H](CO)OC(=O)CCCCCCCCCCCSC(C)(C)C. The number of likely N-dealkylation sites (N-methyl/N-ethyl adjacent to an activating group) is 1. The minimum absolute atomic E-state index is 0.0287. The third-order valence-corrected chi connectivity index (χ3v) is 7.12. The Morgan fingerprint density at radius 2 is 1.52 bits per heavy atom. The molecule has 0 amide bonds. The van der Waals surface area contributed by atoms with Crippen LogP contribution in [0, 0.1) is 0 Å². The van der Waals surface area contributed by atoms with Crippen molar-refractivity contribution in [1.29, 1.82) is 0 Å². The summed E-state index contributed by atoms with van der Waals surface area (Å²) in [6.45, 7) is 6.39. The molecule has 2 atom stereocenters. The van der Waals surface area contributed by atoms with Gasteiger partial charge in [0.1, 0.15) is 6.10 Å². The molecule has 0 aliphatic carbocycles. The van der Waals surface area contributed by atoms with Gasteiger partial charge in [-0.05, 0) is 32.7 Å². The maximum Gasteiger partial charge on any atom is 0.472 e. The molecule has 0 heterocycles. The van der Waals surface area contributed by atoms with Gasteiger partial charge in [-0.2, -0.15) is 11.8 Å². The number of aliphatic hydroxyl groups is 1. The first-order valence-corrected chi connectivity index (χ1v) is 14.6. The van der Waals surface area contributed by atoms with Gasteiger partial charge in [0.15, 0.2) is 0 Å². The van der Waals surface area contributed by atoms with Crippen molar-refractivity contribution in [1.82, 2.24) is 4.90 Å². The lowest BCUT2D eigenvalue weighted by Gasteiger charge is -2.18. The van der Waals surface area contributed by atoms with Crippen LogP contribution in [0.1, 0.15) is 85.0 Å². The predicted octanol–water partition coefficient (Wildman–Crippen LogP) is 5.02. The molecule has 0 bridgehead atoms. The van der Waals surface area contributed by atoms with Gasteiger partial charge in [0.25, 0.3) is 0 Å². The predicted molar refractivity (Wildman–Crippen MR) is 136 cm³/mol. The molecular formula is C23H48NO7PS. The van der Waals surface area contributed by atoms with Crippen molar-refractivity contribution in [3.8, 4) is 0 Å². The first-order chi connectivity index (χ1) is 15.4. The van der Waals surface area contributed by atoms with E-state index >= 15 is 0 Å². The average Bonchev–Trinajstić information content (AvgIpc) is 2.70. The highest BCUT2D eigenvalue weighted by Crippen LogP contribution is 2.43. The van der Waals surface area contributed by atoms with Gasteiger partial charge in [-0.3, -0.25) is 13.8 Å². The van der Waals surface area contributed by atoms with Crippen LogP contribution in [0.15, 0.2) is 0 Å². The van der Waals surface area contributed by atoms with Gasteiger partial charge in [0.05, 0.1) is 19.8 Å². The molecule has 0 aliphatic rings. The number of phosphoric ester groups is 1. The normalized spacial score (nSPS) is 14.9. The van der Waals surface area contributed by atoms with E-state index < -0.39 is 33.1 Å². The van der Waals surface area contributed by atoms with Crippen molar-refractivity contribution in [2.24, 2.45) is 0 Å². The number of phosphoric acid groups is 1. The molecule has 0 aliphatic heterocycles. The monoisotopic (exact) mass is 513 g/mol. The molecule has 0 aromatic rings. The summed E-state index contributed by atoms with van der Waals surface area (Å²) in [4.78, 5) is 23.4. The molecule has 198 valence electrons. The Morgan fingerprint density at radius 1 is 0.970 bits per heavy atom. The van der Waals surface area contributed by atoms with Crippen LogP contribution in [0.5, 0.6) is 0 Å². The maximum atomic E-state index is 11.9. The van der Waals surface area contributed by atoms with Crippen molar-refractivity contribution < 1.29 is 33.1 Å². The van der Waals surface area contributed by atoms with Crippen LogP contribution in [0.25, 0.3) is 0 Å². The lowest BCUT2D eigenvalue weighted by atomic mass is 10.1. The summed E-state index contributed by atoms with van der Waals surface area (Å²) in [5.74, 6) is 0.805. The van der Waals surface area contributed by atoms with Crippen LogP contribution in [0.2, 0.25) is 0 Å². The van der Waals surface area contributed by atoms with Crippen LogP contribution >= 0.6 is 19.6 Å². The van der Waals surface area contributed by atoms with Crippen molar-refractivity contribution in [2.45, 2.75) is 95.8 Å². The molecule has 0 spiro atoms. The summed E-state index contributed by atoms with van der Waals surface area (Å²) >= 11 is 2.04. The molecule has 1 unspecified atom stereocenters. The number of ether oxygens (including phenoxy) is 1. The Hall–Kier alpha value is -0.150. The van der Waals surface area contributed by atoms with Gasteiger partial charge < -0.3 is 19.6 Å². The number of nitrogens with zero attached hydrogens (tertiary/aromatic N) is 1. The summed E-state index contributed by atoms with van der Waals surface area (Å²) in [5.41, 5.74) is 0. The van der Waals surface area contributed by atoms with E-state index in [4.69, 9.17) is 13.8 Å². The third kappa shape index (κ3) is 23.4. The number of aliphatic hydroxyl groups excluding tert-OH is 1. The molecule has 0 saturated carbocycles. The Labute approximate surface area is 205 Å². The third-order valence-electron chi connectivity index (χ3n) is 4.78. The first kappa shape index (κ1) is 32.8. The Morgan fingerprint density at radius 3 is 2.03 bits per heavy atom. The molecule has 33 heavy (non-hydrogen) atoms. The van der Waals surface area contributed by atoms with E-state index in [2.05, 4.69) is 20.8 Å². The van der Waals surface area contributed by atoms with E-state index in [1.807, 2.05) is 25.9 Å². The van der Waals surface area contributed by atoms with E-state index in [0.29, 0.717) is 11.3 Å². The molecule has 0 radical (unpaired) electrons. The zero-order valence-electron chi connectivity index (χ0n) is 21.4. The fourth-order valence-electron chi connectivity index (χ4n) is 2.91. The number of carbonyl (C=O) groups is 1. The van der Waals surface area contributed by atoms with Gasteiger partial charge in [0, 0.05) is 17.7 Å². The number of esters is 1. The maximum absolute atomic E-state index is 11.9. The molecule has 2 N–H and O–H groups in total. The van der Waals surface area contributed by atoms with E-state index in [0.717, 1.165) is 19.3 Å². The summed E-state index contributed by atoms with van der Waals surface area (Å²) in [5, 5.41) is 9.34. The highest BCUT2D eigenvalue weighted by molar-refractivity contribution is 8.00. The second kappa shape index (κ2) is 19.1. The van der Waals surface area contributed by atoms with Gasteiger partial charge in [-0.15, -0.1) is 0 Å². The molecule has 0 aromatic carbocycles. The van der Waals surface area contributed by atoms with Crippen molar-refractivity contribution in [2.75, 3.05) is 46.2 Å². The Bertz CT molecular complexity index is 543. The number of hydrogen-bond donors (Lipinski definition) is 2. The van der Waals surface area contributed by atoms with Crippen LogP contribution in [0.3, 0.4) is 0 Å². The van der Waals surface area contributed by atoms with Crippen molar-refractivity contribution >= 4 is 25.6 Å². The van der Waals surface area contributed by atoms with Crippen LogP contribution in [-0.2, 0) is 23.1 Å². The zero-order valence-corrected chi connectivity index (χ0v) is 23.1. The zero-order chi connectivity index (χ0) is 25.2. The lowest BCUT2D eigenvalue weighted by Crippen LogP contribution is -2.27. The van der Waals surface area contributed by atoms with E-state index in [9.17, 15) is 19.4 Å². The van der Waals surface area contributed by atoms with Crippen LogP contribution in [0.4, 0.5) is 0 Å². The first-order valence-electron chi connectivity index (χ1n) is 12.2. The summed E-state index contributed by atoms with van der Waals surface area (Å²) in [6.07, 6.45) is 9.64. The number of hydrogen-bond acceptors (Lipinski definition) is 8. The summed E-state index contributed by atoms with van der Waals surface area (Å²) in [6, 6.07) is 0. The topological polar surface area (TPSA) is 106 Å². The standard InChI is InChI=1S/C23H48NO7PS/c1-23(2,3)33-18-14-12-10-8-6-7-9-11-13-15-22(26)31-21(19-25)20-30-32(27,28)29-17-16-24(4)5/h21,25H,6-20H2,1-5H3,(H,27,28)/t21-/m1/s1. The van der Waals surface area contributed by atoms with Crippen molar-refractivity contribution in [3.05, 3.63) is 0 Å². The number of unbranched alkanes of at least 4 members (excludes halogenated alkanes) is 8. The molecule has 8 nitrogen and oxygen atoms in total. The Balaban J connectivity index is 3.71. The quantitative estimate of drug-likeness (QED) is 0.124. The molecule has 10 heteroatoms. The fourth-order valence-corrected chi connectivity index (χ4v) is 4.61. The molecule has 0 aromatic heterocycles. The fraction of sp³-hybridized carbons (Fsp3) is 0.957.